The minimum absolute atomic E-state index is 0.545. The molecule has 0 fully saturated rings. The minimum Gasteiger partial charge on any atom is -0.396 e. The first-order chi connectivity index (χ1) is 8.55. The van der Waals surface area contributed by atoms with Crippen LogP contribution in [-0.4, -0.2) is 28.0 Å². The van der Waals surface area contributed by atoms with Crippen LogP contribution >= 0.6 is 0 Å². The molecular formula is C9H6F6N4. The van der Waals surface area contributed by atoms with E-state index in [2.05, 4.69) is 9.97 Å². The first-order valence-corrected chi connectivity index (χ1v) is 4.54. The molecule has 3 N–H and O–H groups in total. The standard InChI is InChI=1S/C9H6F6N4/c10-8(11,12)5(7(17)9(13,14)15)6(16)4-1-2-18-3-19-4/h1-3,17H,16H2/b6-5+,17-7?. The second-order valence-corrected chi connectivity index (χ2v) is 3.25. The summed E-state index contributed by atoms with van der Waals surface area (Å²) in [7, 11) is 0. The first kappa shape index (κ1) is 14.9. The van der Waals surface area contributed by atoms with Gasteiger partial charge in [-0.2, -0.15) is 26.3 Å². The van der Waals surface area contributed by atoms with Crippen LogP contribution in [0.4, 0.5) is 26.3 Å². The summed E-state index contributed by atoms with van der Waals surface area (Å²) in [6.45, 7) is 0. The summed E-state index contributed by atoms with van der Waals surface area (Å²) in [5.41, 5.74) is -1.63. The number of allylic oxidation sites excluding steroid dienone is 1. The quantitative estimate of drug-likeness (QED) is 0.646. The molecule has 0 saturated carbocycles. The zero-order valence-corrected chi connectivity index (χ0v) is 8.97. The maximum Gasteiger partial charge on any atom is 0.433 e. The van der Waals surface area contributed by atoms with Crippen LogP contribution in [0.1, 0.15) is 5.69 Å². The summed E-state index contributed by atoms with van der Waals surface area (Å²) >= 11 is 0. The third-order valence-electron chi connectivity index (χ3n) is 1.94. The third kappa shape index (κ3) is 3.42. The molecule has 1 rings (SSSR count). The molecule has 10 heteroatoms. The van der Waals surface area contributed by atoms with Gasteiger partial charge in [-0.05, 0) is 6.07 Å². The van der Waals surface area contributed by atoms with Crippen molar-refractivity contribution in [3.05, 3.63) is 29.9 Å². The van der Waals surface area contributed by atoms with Crippen molar-refractivity contribution in [3.63, 3.8) is 0 Å². The average Bonchev–Trinajstić information content (AvgIpc) is 2.27. The average molecular weight is 284 g/mol. The van der Waals surface area contributed by atoms with Crippen LogP contribution in [0.5, 0.6) is 0 Å². The molecule has 0 amide bonds. The van der Waals surface area contributed by atoms with Crippen molar-refractivity contribution in [2.75, 3.05) is 0 Å². The van der Waals surface area contributed by atoms with E-state index in [0.29, 0.717) is 0 Å². The fourth-order valence-electron chi connectivity index (χ4n) is 1.15. The number of nitrogens with one attached hydrogen (secondary N) is 1. The molecule has 0 atom stereocenters. The van der Waals surface area contributed by atoms with Gasteiger partial charge >= 0.3 is 12.4 Å². The number of aromatic nitrogens is 2. The number of alkyl halides is 6. The lowest BCUT2D eigenvalue weighted by molar-refractivity contribution is -0.0964. The molecule has 0 aliphatic carbocycles. The molecule has 0 radical (unpaired) electrons. The van der Waals surface area contributed by atoms with Crippen LogP contribution in [0.25, 0.3) is 5.70 Å². The molecule has 19 heavy (non-hydrogen) atoms. The van der Waals surface area contributed by atoms with Crippen LogP contribution in [0.3, 0.4) is 0 Å². The van der Waals surface area contributed by atoms with E-state index >= 15 is 0 Å². The molecule has 0 aliphatic rings. The van der Waals surface area contributed by atoms with E-state index in [4.69, 9.17) is 11.1 Å². The highest BCUT2D eigenvalue weighted by Gasteiger charge is 2.49. The van der Waals surface area contributed by atoms with Gasteiger partial charge in [-0.1, -0.05) is 0 Å². The number of hydrogen-bond donors (Lipinski definition) is 2. The van der Waals surface area contributed by atoms with Crippen LogP contribution in [-0.2, 0) is 0 Å². The van der Waals surface area contributed by atoms with Gasteiger partial charge < -0.3 is 5.73 Å². The van der Waals surface area contributed by atoms with E-state index in [1.165, 1.54) is 0 Å². The number of nitrogens with zero attached hydrogens (tertiary/aromatic N) is 2. The van der Waals surface area contributed by atoms with E-state index < -0.39 is 35.0 Å². The Morgan fingerprint density at radius 3 is 2.05 bits per heavy atom. The predicted molar refractivity (Wildman–Crippen MR) is 53.0 cm³/mol. The van der Waals surface area contributed by atoms with E-state index in [-0.39, 0.29) is 0 Å². The maximum atomic E-state index is 12.6. The Labute approximate surface area is 102 Å². The second kappa shape index (κ2) is 4.86. The molecule has 1 heterocycles. The molecule has 4 nitrogen and oxygen atoms in total. The monoisotopic (exact) mass is 284 g/mol. The smallest absolute Gasteiger partial charge is 0.396 e. The molecule has 0 bridgehead atoms. The fraction of sp³-hybridized carbons (Fsp3) is 0.222. The lowest BCUT2D eigenvalue weighted by Gasteiger charge is -2.17. The van der Waals surface area contributed by atoms with Crippen LogP contribution in [0.2, 0.25) is 0 Å². The van der Waals surface area contributed by atoms with E-state index in [1.54, 1.807) is 0 Å². The van der Waals surface area contributed by atoms with E-state index in [1.807, 2.05) is 0 Å². The second-order valence-electron chi connectivity index (χ2n) is 3.25. The molecule has 1 aromatic heterocycles. The minimum atomic E-state index is -5.47. The highest BCUT2D eigenvalue weighted by atomic mass is 19.4. The molecule has 0 unspecified atom stereocenters. The number of halogens is 6. The SMILES string of the molecule is N=C(/C(=C(\N)c1ccncn1)C(F)(F)F)C(F)(F)F. The van der Waals surface area contributed by atoms with Gasteiger partial charge in [0.05, 0.1) is 11.4 Å². The molecule has 1 aromatic rings. The normalized spacial score (nSPS) is 14.0. The van der Waals surface area contributed by atoms with Gasteiger partial charge in [0.2, 0.25) is 0 Å². The number of nitrogens with two attached hydrogens (primary N) is 1. The summed E-state index contributed by atoms with van der Waals surface area (Å²) in [4.78, 5) is 6.72. The van der Waals surface area contributed by atoms with Crippen molar-refractivity contribution in [1.82, 2.24) is 9.97 Å². The zero-order chi connectivity index (χ0) is 14.8. The number of rotatable bonds is 2. The molecule has 0 aliphatic heterocycles. The molecule has 0 saturated heterocycles. The van der Waals surface area contributed by atoms with Crippen molar-refractivity contribution in [1.29, 1.82) is 5.41 Å². The van der Waals surface area contributed by atoms with Crippen LogP contribution < -0.4 is 5.73 Å². The Bertz CT molecular complexity index is 502. The van der Waals surface area contributed by atoms with E-state index in [9.17, 15) is 26.3 Å². The van der Waals surface area contributed by atoms with Crippen molar-refractivity contribution in [2.45, 2.75) is 12.4 Å². The molecule has 104 valence electrons. The van der Waals surface area contributed by atoms with Crippen molar-refractivity contribution < 1.29 is 26.3 Å². The Morgan fingerprint density at radius 2 is 1.68 bits per heavy atom. The van der Waals surface area contributed by atoms with E-state index in [0.717, 1.165) is 18.6 Å². The van der Waals surface area contributed by atoms with Crippen molar-refractivity contribution in [2.24, 2.45) is 5.73 Å². The summed E-state index contributed by atoms with van der Waals surface area (Å²) in [6, 6.07) is 0.907. The lowest BCUT2D eigenvalue weighted by atomic mass is 10.1. The summed E-state index contributed by atoms with van der Waals surface area (Å²) in [5.74, 6) is 0. The summed E-state index contributed by atoms with van der Waals surface area (Å²) in [5, 5.41) is 6.61. The van der Waals surface area contributed by atoms with Crippen LogP contribution in [0.15, 0.2) is 24.2 Å². The summed E-state index contributed by atoms with van der Waals surface area (Å²) in [6.07, 6.45) is -9.06. The Morgan fingerprint density at radius 1 is 1.11 bits per heavy atom. The topological polar surface area (TPSA) is 75.7 Å². The van der Waals surface area contributed by atoms with Crippen molar-refractivity contribution >= 4 is 11.4 Å². The van der Waals surface area contributed by atoms with Gasteiger partial charge in [0, 0.05) is 6.20 Å². The Hall–Kier alpha value is -2.13. The molecule has 0 aromatic carbocycles. The zero-order valence-electron chi connectivity index (χ0n) is 8.97. The molecular weight excluding hydrogens is 278 g/mol. The fourth-order valence-corrected chi connectivity index (χ4v) is 1.15. The highest BCUT2D eigenvalue weighted by Crippen LogP contribution is 2.35. The lowest BCUT2D eigenvalue weighted by Crippen LogP contribution is -2.33. The maximum absolute atomic E-state index is 12.6. The largest absolute Gasteiger partial charge is 0.433 e. The molecule has 0 spiro atoms. The van der Waals surface area contributed by atoms with Gasteiger partial charge in [0.1, 0.15) is 11.9 Å². The van der Waals surface area contributed by atoms with Gasteiger partial charge in [-0.15, -0.1) is 0 Å². The van der Waals surface area contributed by atoms with Gasteiger partial charge in [0.15, 0.2) is 5.71 Å². The predicted octanol–water partition coefficient (Wildman–Crippen LogP) is 2.29. The van der Waals surface area contributed by atoms with Crippen LogP contribution in [0, 0.1) is 5.41 Å². The third-order valence-corrected chi connectivity index (χ3v) is 1.94. The highest BCUT2D eigenvalue weighted by molar-refractivity contribution is 6.08. The number of hydrogen-bond acceptors (Lipinski definition) is 4. The first-order valence-electron chi connectivity index (χ1n) is 4.54. The Balaban J connectivity index is 3.46. The Kier molecular flexibility index (Phi) is 3.82. The summed E-state index contributed by atoms with van der Waals surface area (Å²) < 4.78 is 74.6. The van der Waals surface area contributed by atoms with Gasteiger partial charge in [-0.3, -0.25) is 5.41 Å². The van der Waals surface area contributed by atoms with Gasteiger partial charge in [-0.25, -0.2) is 9.97 Å². The van der Waals surface area contributed by atoms with Crippen molar-refractivity contribution in [3.8, 4) is 0 Å². The van der Waals surface area contributed by atoms with Gasteiger partial charge in [0.25, 0.3) is 0 Å².